The van der Waals surface area contributed by atoms with Crippen molar-refractivity contribution >= 4 is 54.2 Å². The normalized spacial score (nSPS) is 12.3. The van der Waals surface area contributed by atoms with Crippen LogP contribution >= 0.6 is 0 Å². The van der Waals surface area contributed by atoms with Crippen molar-refractivity contribution in [3.05, 3.63) is 76.1 Å². The van der Waals surface area contributed by atoms with Crippen LogP contribution in [0.1, 0.15) is 105 Å². The van der Waals surface area contributed by atoms with Crippen molar-refractivity contribution in [2.24, 2.45) is 0 Å². The van der Waals surface area contributed by atoms with E-state index in [0.29, 0.717) is 44.5 Å². The minimum absolute atomic E-state index is 0.500. The summed E-state index contributed by atoms with van der Waals surface area (Å²) < 4.78 is 0. The van der Waals surface area contributed by atoms with E-state index in [1.165, 1.54) is 0 Å². The molecule has 0 saturated carbocycles. The third-order valence-corrected chi connectivity index (χ3v) is 23.8. The molecule has 4 aromatic carbocycles. The summed E-state index contributed by atoms with van der Waals surface area (Å²) in [5.41, 5.74) is 15.3. The summed E-state index contributed by atoms with van der Waals surface area (Å²) in [4.78, 5) is 3.85. The van der Waals surface area contributed by atoms with E-state index in [0.717, 1.165) is 49.0 Å². The lowest BCUT2D eigenvalue weighted by atomic mass is 9.89. The van der Waals surface area contributed by atoms with Crippen LogP contribution in [-0.2, 0) is 0 Å². The fourth-order valence-corrected chi connectivity index (χ4v) is 19.2. The second-order valence-corrected chi connectivity index (χ2v) is 26.6. The maximum Gasteiger partial charge on any atom is 0.187 e. The Morgan fingerprint density at radius 1 is 0.574 bits per heavy atom. The first kappa shape index (κ1) is 36.0. The third-order valence-electron chi connectivity index (χ3n) is 11.2. The molecule has 0 amide bonds. The standard InChI is InChI=1S/C43H52N2Si2/c1-27(2)46(28(3)4,29(5)6)19-17-39-38-16-15-37(45-14)25-43(38)40(18-20-47(30(7)8,31(9)10)32(11)12)42-24-35-22-36(26-44)33(13)21-34(35)23-41(39)42/h15-16,21-25,27-32H,1-13H3. The van der Waals surface area contributed by atoms with Crippen LogP contribution in [0.2, 0.25) is 33.2 Å². The van der Waals surface area contributed by atoms with Crippen molar-refractivity contribution in [3.63, 3.8) is 0 Å². The molecule has 0 aromatic heterocycles. The van der Waals surface area contributed by atoms with Crippen LogP contribution in [0.3, 0.4) is 0 Å². The molecule has 4 aromatic rings. The molecule has 0 fully saturated rings. The van der Waals surface area contributed by atoms with Crippen molar-refractivity contribution < 1.29 is 0 Å². The van der Waals surface area contributed by atoms with E-state index < -0.39 is 16.1 Å². The number of nitriles is 1. The molecule has 0 bridgehead atoms. The summed E-state index contributed by atoms with van der Waals surface area (Å²) in [5.74, 6) is 7.68. The van der Waals surface area contributed by atoms with Crippen LogP contribution in [0.25, 0.3) is 37.2 Å². The number of hydrogen-bond acceptors (Lipinski definition) is 1. The Morgan fingerprint density at radius 3 is 1.38 bits per heavy atom. The number of rotatable bonds is 6. The Bertz CT molecular complexity index is 2020. The van der Waals surface area contributed by atoms with Gasteiger partial charge in [0.15, 0.2) is 5.69 Å². The highest BCUT2D eigenvalue weighted by Crippen LogP contribution is 2.43. The van der Waals surface area contributed by atoms with Gasteiger partial charge in [0.25, 0.3) is 0 Å². The zero-order valence-electron chi connectivity index (χ0n) is 30.9. The van der Waals surface area contributed by atoms with E-state index in [1.807, 2.05) is 25.1 Å². The van der Waals surface area contributed by atoms with Gasteiger partial charge in [0, 0.05) is 11.1 Å². The van der Waals surface area contributed by atoms with Crippen LogP contribution in [0.5, 0.6) is 0 Å². The van der Waals surface area contributed by atoms with Gasteiger partial charge in [-0.3, -0.25) is 0 Å². The highest BCUT2D eigenvalue weighted by molar-refractivity contribution is 6.91. The van der Waals surface area contributed by atoms with Crippen molar-refractivity contribution in [2.45, 2.75) is 123 Å². The van der Waals surface area contributed by atoms with Crippen LogP contribution in [0.15, 0.2) is 42.5 Å². The molecule has 0 spiro atoms. The van der Waals surface area contributed by atoms with E-state index in [1.54, 1.807) is 0 Å². The van der Waals surface area contributed by atoms with Gasteiger partial charge in [-0.15, -0.1) is 11.1 Å². The van der Waals surface area contributed by atoms with Gasteiger partial charge in [-0.05, 0) is 102 Å². The van der Waals surface area contributed by atoms with Gasteiger partial charge < -0.3 is 0 Å². The molecule has 0 aliphatic heterocycles. The number of nitrogens with zero attached hydrogens (tertiary/aromatic N) is 2. The molecular formula is C43H52N2Si2. The Morgan fingerprint density at radius 2 is 0.979 bits per heavy atom. The second-order valence-electron chi connectivity index (χ2n) is 15.4. The Hall–Kier alpha value is -3.81. The highest BCUT2D eigenvalue weighted by atomic mass is 28.3. The quantitative estimate of drug-likeness (QED) is 0.0881. The van der Waals surface area contributed by atoms with Crippen LogP contribution in [-0.4, -0.2) is 16.1 Å². The first-order valence-electron chi connectivity index (χ1n) is 17.4. The predicted octanol–water partition coefficient (Wildman–Crippen LogP) is 13.0. The monoisotopic (exact) mass is 652 g/mol. The van der Waals surface area contributed by atoms with E-state index >= 15 is 0 Å². The van der Waals surface area contributed by atoms with Crippen LogP contribution in [0.4, 0.5) is 5.69 Å². The maximum atomic E-state index is 9.89. The first-order valence-corrected chi connectivity index (χ1v) is 21.8. The van der Waals surface area contributed by atoms with Crippen molar-refractivity contribution in [1.82, 2.24) is 0 Å². The van der Waals surface area contributed by atoms with Gasteiger partial charge in [-0.2, -0.15) is 5.26 Å². The first-order chi connectivity index (χ1) is 22.1. The molecule has 0 N–H and O–H groups in total. The van der Waals surface area contributed by atoms with Gasteiger partial charge in [0.1, 0.15) is 16.1 Å². The molecule has 4 rings (SSSR count). The number of fused-ring (bicyclic) bond motifs is 3. The smallest absolute Gasteiger partial charge is 0.187 e. The lowest BCUT2D eigenvalue weighted by Crippen LogP contribution is -2.43. The topological polar surface area (TPSA) is 28.1 Å². The number of benzene rings is 4. The van der Waals surface area contributed by atoms with Gasteiger partial charge >= 0.3 is 0 Å². The van der Waals surface area contributed by atoms with Crippen LogP contribution < -0.4 is 0 Å². The Labute approximate surface area is 286 Å². The summed E-state index contributed by atoms with van der Waals surface area (Å²) in [6, 6.07) is 17.1. The lowest BCUT2D eigenvalue weighted by molar-refractivity contribution is 0.838. The molecule has 0 unspecified atom stereocenters. The minimum atomic E-state index is -2.06. The average Bonchev–Trinajstić information content (AvgIpc) is 2.99. The molecule has 47 heavy (non-hydrogen) atoms. The van der Waals surface area contributed by atoms with Gasteiger partial charge in [-0.1, -0.05) is 113 Å². The third kappa shape index (κ3) is 6.16. The molecule has 0 aliphatic rings. The van der Waals surface area contributed by atoms with E-state index in [4.69, 9.17) is 6.57 Å². The molecular weight excluding hydrogens is 601 g/mol. The molecule has 0 radical (unpaired) electrons. The van der Waals surface area contributed by atoms with Gasteiger partial charge in [-0.25, -0.2) is 4.85 Å². The van der Waals surface area contributed by atoms with E-state index in [9.17, 15) is 5.26 Å². The fourth-order valence-electron chi connectivity index (χ4n) is 8.79. The Kier molecular flexibility index (Phi) is 10.5. The number of aryl methyl sites for hydroxylation is 1. The average molecular weight is 653 g/mol. The van der Waals surface area contributed by atoms with Crippen molar-refractivity contribution in [2.75, 3.05) is 0 Å². The summed E-state index contributed by atoms with van der Waals surface area (Å²) in [7, 11) is -4.10. The van der Waals surface area contributed by atoms with Crippen molar-refractivity contribution in [1.29, 1.82) is 5.26 Å². The summed E-state index contributed by atoms with van der Waals surface area (Å²) >= 11 is 0. The largest absolute Gasteiger partial charge is 0.238 e. The summed E-state index contributed by atoms with van der Waals surface area (Å²) in [5, 5.41) is 16.2. The molecule has 0 aliphatic carbocycles. The minimum Gasteiger partial charge on any atom is -0.238 e. The predicted molar refractivity (Wildman–Crippen MR) is 211 cm³/mol. The highest BCUT2D eigenvalue weighted by Gasteiger charge is 2.42. The SMILES string of the molecule is [C-]#[N+]c1ccc2c(C#C[Si](C(C)C)(C(C)C)C(C)C)c3cc4cc(C)c(C#N)cc4cc3c(C#C[Si](C(C)C)(C(C)C)C(C)C)c2c1. The molecule has 242 valence electrons. The van der Waals surface area contributed by atoms with E-state index in [2.05, 4.69) is 141 Å². The lowest BCUT2D eigenvalue weighted by Gasteiger charge is -2.38. The van der Waals surface area contributed by atoms with E-state index in [-0.39, 0.29) is 0 Å². The number of hydrogen-bond donors (Lipinski definition) is 0. The molecule has 0 heterocycles. The zero-order valence-corrected chi connectivity index (χ0v) is 32.9. The van der Waals surface area contributed by atoms with Gasteiger partial charge in [0.2, 0.25) is 0 Å². The van der Waals surface area contributed by atoms with Gasteiger partial charge in [0.05, 0.1) is 18.2 Å². The van der Waals surface area contributed by atoms with Crippen molar-refractivity contribution in [3.8, 4) is 29.0 Å². The second kappa shape index (κ2) is 13.7. The van der Waals surface area contributed by atoms with Crippen LogP contribution in [0, 0.1) is 47.8 Å². The molecule has 4 heteroatoms. The molecule has 0 saturated heterocycles. The Balaban J connectivity index is 2.32. The summed E-state index contributed by atoms with van der Waals surface area (Å²) in [6.45, 7) is 38.1. The molecule has 0 atom stereocenters. The fraction of sp³-hybridized carbons (Fsp3) is 0.442. The summed E-state index contributed by atoms with van der Waals surface area (Å²) in [6.07, 6.45) is 0. The maximum absolute atomic E-state index is 9.89. The zero-order chi connectivity index (χ0) is 35.0. The molecule has 2 nitrogen and oxygen atoms in total.